The Labute approximate surface area is 114 Å². The highest BCUT2D eigenvalue weighted by Crippen LogP contribution is 2.19. The topological polar surface area (TPSA) is 72.2 Å². The monoisotopic (exact) mass is 286 g/mol. The predicted octanol–water partition coefficient (Wildman–Crippen LogP) is 2.61. The van der Waals surface area contributed by atoms with Gasteiger partial charge in [-0.25, -0.2) is 4.39 Å². The smallest absolute Gasteiger partial charge is 0.282 e. The molecule has 0 aromatic heterocycles. The van der Waals surface area contributed by atoms with Crippen LogP contribution < -0.4 is 5.32 Å². The first kappa shape index (κ1) is 15.4. The number of amides is 1. The number of nitro benzene ring substituents is 1. The van der Waals surface area contributed by atoms with Crippen LogP contribution in [0, 0.1) is 15.9 Å². The number of rotatable bonds is 6. The molecular formula is C12H15FN2O3S. The summed E-state index contributed by atoms with van der Waals surface area (Å²) in [7, 11) is 0. The van der Waals surface area contributed by atoms with E-state index >= 15 is 0 Å². The Morgan fingerprint density at radius 3 is 2.84 bits per heavy atom. The number of nitro groups is 1. The van der Waals surface area contributed by atoms with Crippen LogP contribution >= 0.6 is 11.8 Å². The molecule has 0 heterocycles. The fraction of sp³-hybridized carbons (Fsp3) is 0.417. The number of thioether (sulfide) groups is 1. The number of nitrogens with one attached hydrogen (secondary N) is 1. The molecule has 7 heteroatoms. The van der Waals surface area contributed by atoms with Crippen LogP contribution in [0.1, 0.15) is 23.7 Å². The molecule has 5 nitrogen and oxygen atoms in total. The molecule has 1 amide bonds. The molecular weight excluding hydrogens is 271 g/mol. The summed E-state index contributed by atoms with van der Waals surface area (Å²) in [6, 6.07) is 2.84. The molecule has 0 radical (unpaired) electrons. The van der Waals surface area contributed by atoms with E-state index in [-0.39, 0.29) is 5.56 Å². The Morgan fingerprint density at radius 2 is 2.26 bits per heavy atom. The van der Waals surface area contributed by atoms with Crippen LogP contribution in [0.4, 0.5) is 10.1 Å². The number of nitrogens with zero attached hydrogens (tertiary/aromatic N) is 1. The van der Waals surface area contributed by atoms with Gasteiger partial charge in [0.1, 0.15) is 11.4 Å². The number of carbonyl (C=O) groups is 1. The van der Waals surface area contributed by atoms with Crippen molar-refractivity contribution in [1.82, 2.24) is 5.32 Å². The van der Waals surface area contributed by atoms with Gasteiger partial charge in [-0.15, -0.1) is 0 Å². The molecule has 1 atom stereocenters. The zero-order valence-corrected chi connectivity index (χ0v) is 11.5. The third-order valence-electron chi connectivity index (χ3n) is 2.64. The van der Waals surface area contributed by atoms with E-state index in [0.717, 1.165) is 24.6 Å². The van der Waals surface area contributed by atoms with Crippen molar-refractivity contribution in [3.63, 3.8) is 0 Å². The van der Waals surface area contributed by atoms with Gasteiger partial charge >= 0.3 is 0 Å². The Bertz CT molecular complexity index is 482. The summed E-state index contributed by atoms with van der Waals surface area (Å²) in [5.74, 6) is -1.30. The van der Waals surface area contributed by atoms with Crippen LogP contribution in [-0.2, 0) is 0 Å². The van der Waals surface area contributed by atoms with E-state index in [2.05, 4.69) is 5.32 Å². The molecule has 0 aliphatic carbocycles. The highest BCUT2D eigenvalue weighted by molar-refractivity contribution is 7.99. The molecule has 1 unspecified atom stereocenters. The standard InChI is InChI=1S/C12H15FN2O3S/c1-8(19-2)5-6-14-12(16)10-7-9(13)3-4-11(10)15(17)18/h3-4,7-8H,5-6H2,1-2H3,(H,14,16). The summed E-state index contributed by atoms with van der Waals surface area (Å²) in [6.07, 6.45) is 2.71. The molecule has 1 aromatic rings. The quantitative estimate of drug-likeness (QED) is 0.644. The number of halogens is 1. The van der Waals surface area contributed by atoms with Crippen molar-refractivity contribution >= 4 is 23.4 Å². The van der Waals surface area contributed by atoms with Gasteiger partial charge in [-0.2, -0.15) is 11.8 Å². The number of carbonyl (C=O) groups excluding carboxylic acids is 1. The van der Waals surface area contributed by atoms with Gasteiger partial charge in [0.15, 0.2) is 0 Å². The Balaban J connectivity index is 2.76. The van der Waals surface area contributed by atoms with Crippen molar-refractivity contribution in [3.8, 4) is 0 Å². The summed E-state index contributed by atoms with van der Waals surface area (Å²) >= 11 is 1.66. The lowest BCUT2D eigenvalue weighted by atomic mass is 10.1. The lowest BCUT2D eigenvalue weighted by molar-refractivity contribution is -0.385. The summed E-state index contributed by atoms with van der Waals surface area (Å²) in [5, 5.41) is 13.7. The lowest BCUT2D eigenvalue weighted by Crippen LogP contribution is -2.26. The van der Waals surface area contributed by atoms with Gasteiger partial charge in [-0.05, 0) is 24.8 Å². The highest BCUT2D eigenvalue weighted by atomic mass is 32.2. The van der Waals surface area contributed by atoms with Crippen LogP contribution in [0.25, 0.3) is 0 Å². The van der Waals surface area contributed by atoms with Crippen LogP contribution in [0.3, 0.4) is 0 Å². The Morgan fingerprint density at radius 1 is 1.58 bits per heavy atom. The van der Waals surface area contributed by atoms with E-state index < -0.39 is 22.3 Å². The maximum absolute atomic E-state index is 13.1. The van der Waals surface area contributed by atoms with Gasteiger partial charge in [-0.1, -0.05) is 6.92 Å². The maximum atomic E-state index is 13.1. The SMILES string of the molecule is CSC(C)CCNC(=O)c1cc(F)ccc1[N+](=O)[O-]. The largest absolute Gasteiger partial charge is 0.352 e. The molecule has 0 saturated heterocycles. The van der Waals surface area contributed by atoms with Crippen LogP contribution in [0.5, 0.6) is 0 Å². The molecule has 1 N–H and O–H groups in total. The summed E-state index contributed by atoms with van der Waals surface area (Å²) in [6.45, 7) is 2.41. The molecule has 0 spiro atoms. The van der Waals surface area contributed by atoms with E-state index in [0.29, 0.717) is 11.8 Å². The van der Waals surface area contributed by atoms with Crippen molar-refractivity contribution in [1.29, 1.82) is 0 Å². The minimum absolute atomic E-state index is 0.248. The van der Waals surface area contributed by atoms with Gasteiger partial charge < -0.3 is 5.32 Å². The van der Waals surface area contributed by atoms with Gasteiger partial charge in [0, 0.05) is 17.9 Å². The Hall–Kier alpha value is -1.63. The van der Waals surface area contributed by atoms with Crippen molar-refractivity contribution in [2.75, 3.05) is 12.8 Å². The summed E-state index contributed by atoms with van der Waals surface area (Å²) in [5.41, 5.74) is -0.640. The van der Waals surface area contributed by atoms with Crippen LogP contribution in [0.15, 0.2) is 18.2 Å². The second-order valence-corrected chi connectivity index (χ2v) is 5.29. The minimum atomic E-state index is -0.696. The third-order valence-corrected chi connectivity index (χ3v) is 3.68. The molecule has 0 fully saturated rings. The first-order valence-corrected chi connectivity index (χ1v) is 6.99. The summed E-state index contributed by atoms with van der Waals surface area (Å²) < 4.78 is 13.1. The molecule has 19 heavy (non-hydrogen) atoms. The second kappa shape index (κ2) is 7.08. The first-order chi connectivity index (χ1) is 8.95. The van der Waals surface area contributed by atoms with E-state index in [9.17, 15) is 19.3 Å². The first-order valence-electron chi connectivity index (χ1n) is 5.70. The van der Waals surface area contributed by atoms with E-state index in [1.165, 1.54) is 0 Å². The Kier molecular flexibility index (Phi) is 5.75. The van der Waals surface area contributed by atoms with Crippen molar-refractivity contribution in [3.05, 3.63) is 39.7 Å². The van der Waals surface area contributed by atoms with Crippen molar-refractivity contribution < 1.29 is 14.1 Å². The number of hydrogen-bond acceptors (Lipinski definition) is 4. The fourth-order valence-electron chi connectivity index (χ4n) is 1.45. The van der Waals surface area contributed by atoms with Gasteiger partial charge in [0.25, 0.3) is 11.6 Å². The van der Waals surface area contributed by atoms with Gasteiger partial charge in [0.2, 0.25) is 0 Å². The minimum Gasteiger partial charge on any atom is -0.352 e. The van der Waals surface area contributed by atoms with Crippen molar-refractivity contribution in [2.45, 2.75) is 18.6 Å². The zero-order chi connectivity index (χ0) is 14.4. The molecule has 0 bridgehead atoms. The zero-order valence-electron chi connectivity index (χ0n) is 10.7. The third kappa shape index (κ3) is 4.51. The average molecular weight is 286 g/mol. The average Bonchev–Trinajstić information content (AvgIpc) is 2.37. The molecule has 0 aliphatic rings. The number of benzene rings is 1. The van der Waals surface area contributed by atoms with Gasteiger partial charge in [-0.3, -0.25) is 14.9 Å². The normalized spacial score (nSPS) is 11.9. The van der Waals surface area contributed by atoms with E-state index in [1.54, 1.807) is 11.8 Å². The lowest BCUT2D eigenvalue weighted by Gasteiger charge is -2.09. The molecule has 1 rings (SSSR count). The molecule has 0 saturated carbocycles. The van der Waals surface area contributed by atoms with Gasteiger partial charge in [0.05, 0.1) is 4.92 Å². The second-order valence-electron chi connectivity index (χ2n) is 4.01. The van der Waals surface area contributed by atoms with Crippen LogP contribution in [-0.4, -0.2) is 28.9 Å². The van der Waals surface area contributed by atoms with Crippen LogP contribution in [0.2, 0.25) is 0 Å². The fourth-order valence-corrected chi connectivity index (χ4v) is 1.80. The maximum Gasteiger partial charge on any atom is 0.282 e. The number of hydrogen-bond donors (Lipinski definition) is 1. The van der Waals surface area contributed by atoms with E-state index in [4.69, 9.17) is 0 Å². The highest BCUT2D eigenvalue weighted by Gasteiger charge is 2.20. The molecule has 104 valence electrons. The van der Waals surface area contributed by atoms with Crippen molar-refractivity contribution in [2.24, 2.45) is 0 Å². The molecule has 1 aromatic carbocycles. The van der Waals surface area contributed by atoms with E-state index in [1.807, 2.05) is 13.2 Å². The molecule has 0 aliphatic heterocycles. The predicted molar refractivity (Wildman–Crippen MR) is 73.0 cm³/mol. The summed E-state index contributed by atoms with van der Waals surface area (Å²) in [4.78, 5) is 21.9.